The number of carbonyl (C=O) groups excluding carboxylic acids is 2. The standard InChI is InChI=1S/C32H37FN2O3/c1-24-13-19-29(20-14-24)38-21-7-12-31(36)35(23-26-15-17-27(33)18-16-26)30(22-25-8-3-2-4-9-25)32(37)34-28-10-5-6-11-28/h2-4,8-9,13-20,28,30H,5-7,10-12,21-23H2,1H3,(H,34,37). The number of ether oxygens (including phenoxy) is 1. The molecule has 5 nitrogen and oxygen atoms in total. The zero-order valence-electron chi connectivity index (χ0n) is 22.1. The third kappa shape index (κ3) is 8.17. The van der Waals surface area contributed by atoms with Gasteiger partial charge in [0, 0.05) is 25.4 Å². The molecule has 0 aliphatic heterocycles. The van der Waals surface area contributed by atoms with Crippen molar-refractivity contribution in [3.8, 4) is 5.75 Å². The maximum Gasteiger partial charge on any atom is 0.243 e. The third-order valence-corrected chi connectivity index (χ3v) is 7.06. The number of halogens is 1. The van der Waals surface area contributed by atoms with Crippen LogP contribution in [0.2, 0.25) is 0 Å². The molecule has 1 saturated carbocycles. The highest BCUT2D eigenvalue weighted by Crippen LogP contribution is 2.21. The lowest BCUT2D eigenvalue weighted by atomic mass is 10.0. The minimum atomic E-state index is -0.673. The van der Waals surface area contributed by atoms with Crippen molar-refractivity contribution >= 4 is 11.8 Å². The molecule has 0 saturated heterocycles. The minimum absolute atomic E-state index is 0.121. The van der Waals surface area contributed by atoms with Gasteiger partial charge in [0.25, 0.3) is 0 Å². The molecule has 0 bridgehead atoms. The molecule has 0 aromatic heterocycles. The van der Waals surface area contributed by atoms with E-state index in [0.717, 1.165) is 48.1 Å². The number of nitrogens with zero attached hydrogens (tertiary/aromatic N) is 1. The predicted molar refractivity (Wildman–Crippen MR) is 147 cm³/mol. The molecular formula is C32H37FN2O3. The summed E-state index contributed by atoms with van der Waals surface area (Å²) in [6, 6.07) is 23.2. The summed E-state index contributed by atoms with van der Waals surface area (Å²) in [7, 11) is 0. The topological polar surface area (TPSA) is 58.6 Å². The van der Waals surface area contributed by atoms with Gasteiger partial charge in [0.05, 0.1) is 6.61 Å². The van der Waals surface area contributed by atoms with E-state index < -0.39 is 6.04 Å². The predicted octanol–water partition coefficient (Wildman–Crippen LogP) is 5.99. The van der Waals surface area contributed by atoms with Crippen LogP contribution in [0.4, 0.5) is 4.39 Å². The summed E-state index contributed by atoms with van der Waals surface area (Å²) in [5.41, 5.74) is 2.92. The van der Waals surface area contributed by atoms with Crippen LogP contribution in [-0.2, 0) is 22.6 Å². The summed E-state index contributed by atoms with van der Waals surface area (Å²) in [5.74, 6) is 0.181. The summed E-state index contributed by atoms with van der Waals surface area (Å²) >= 11 is 0. The first-order valence-electron chi connectivity index (χ1n) is 13.6. The van der Waals surface area contributed by atoms with E-state index in [1.165, 1.54) is 12.1 Å². The normalized spacial score (nSPS) is 14.2. The van der Waals surface area contributed by atoms with Crippen molar-refractivity contribution in [1.29, 1.82) is 0 Å². The molecule has 200 valence electrons. The molecule has 1 aliphatic rings. The molecule has 0 radical (unpaired) electrons. The molecule has 1 atom stereocenters. The van der Waals surface area contributed by atoms with Crippen LogP contribution in [0.5, 0.6) is 5.75 Å². The Labute approximate surface area is 225 Å². The smallest absolute Gasteiger partial charge is 0.243 e. The second-order valence-electron chi connectivity index (χ2n) is 10.1. The number of hydrogen-bond acceptors (Lipinski definition) is 3. The molecule has 4 rings (SSSR count). The second-order valence-corrected chi connectivity index (χ2v) is 10.1. The third-order valence-electron chi connectivity index (χ3n) is 7.06. The van der Waals surface area contributed by atoms with Crippen molar-refractivity contribution in [2.75, 3.05) is 6.61 Å². The molecule has 1 N–H and O–H groups in total. The largest absolute Gasteiger partial charge is 0.494 e. The fourth-order valence-corrected chi connectivity index (χ4v) is 4.90. The molecule has 3 aromatic rings. The number of aryl methyl sites for hydroxylation is 1. The maximum absolute atomic E-state index is 13.7. The van der Waals surface area contributed by atoms with E-state index in [1.54, 1.807) is 17.0 Å². The van der Waals surface area contributed by atoms with Gasteiger partial charge in [-0.25, -0.2) is 4.39 Å². The van der Waals surface area contributed by atoms with Gasteiger partial charge in [-0.2, -0.15) is 0 Å². The lowest BCUT2D eigenvalue weighted by Gasteiger charge is -2.32. The molecule has 1 fully saturated rings. The van der Waals surface area contributed by atoms with E-state index in [4.69, 9.17) is 4.74 Å². The van der Waals surface area contributed by atoms with Crippen molar-refractivity contribution in [3.63, 3.8) is 0 Å². The molecule has 6 heteroatoms. The Kier molecular flexibility index (Phi) is 9.90. The first-order valence-corrected chi connectivity index (χ1v) is 13.6. The lowest BCUT2D eigenvalue weighted by Crippen LogP contribution is -2.52. The summed E-state index contributed by atoms with van der Waals surface area (Å²) in [6.45, 7) is 2.65. The Balaban J connectivity index is 1.50. The number of amides is 2. The van der Waals surface area contributed by atoms with Gasteiger partial charge < -0.3 is 15.0 Å². The van der Waals surface area contributed by atoms with Crippen LogP contribution >= 0.6 is 0 Å². The van der Waals surface area contributed by atoms with E-state index in [-0.39, 0.29) is 36.6 Å². The van der Waals surface area contributed by atoms with Gasteiger partial charge in [-0.1, -0.05) is 73.0 Å². The molecule has 2 amide bonds. The van der Waals surface area contributed by atoms with Gasteiger partial charge >= 0.3 is 0 Å². The fourth-order valence-electron chi connectivity index (χ4n) is 4.90. The Morgan fingerprint density at radius 1 is 0.947 bits per heavy atom. The summed E-state index contributed by atoms with van der Waals surface area (Å²) in [4.78, 5) is 29.0. The van der Waals surface area contributed by atoms with E-state index in [0.29, 0.717) is 19.4 Å². The summed E-state index contributed by atoms with van der Waals surface area (Å²) in [6.07, 6.45) is 5.31. The first kappa shape index (κ1) is 27.4. The molecule has 1 unspecified atom stereocenters. The number of nitrogens with one attached hydrogen (secondary N) is 1. The van der Waals surface area contributed by atoms with Crippen molar-refractivity contribution in [3.05, 3.63) is 101 Å². The van der Waals surface area contributed by atoms with E-state index in [1.807, 2.05) is 61.5 Å². The van der Waals surface area contributed by atoms with Crippen LogP contribution in [0.15, 0.2) is 78.9 Å². The van der Waals surface area contributed by atoms with Crippen molar-refractivity contribution in [2.24, 2.45) is 0 Å². The van der Waals surface area contributed by atoms with Crippen molar-refractivity contribution < 1.29 is 18.7 Å². The Morgan fingerprint density at radius 3 is 2.32 bits per heavy atom. The van der Waals surface area contributed by atoms with E-state index in [2.05, 4.69) is 5.32 Å². The van der Waals surface area contributed by atoms with Gasteiger partial charge in [0.1, 0.15) is 17.6 Å². The van der Waals surface area contributed by atoms with E-state index in [9.17, 15) is 14.0 Å². The minimum Gasteiger partial charge on any atom is -0.494 e. The average molecular weight is 517 g/mol. The Bertz CT molecular complexity index is 1160. The fraction of sp³-hybridized carbons (Fsp3) is 0.375. The van der Waals surface area contributed by atoms with Gasteiger partial charge in [-0.3, -0.25) is 9.59 Å². The second kappa shape index (κ2) is 13.8. The van der Waals surface area contributed by atoms with Crippen LogP contribution in [0.1, 0.15) is 55.2 Å². The van der Waals surface area contributed by atoms with Gasteiger partial charge in [-0.15, -0.1) is 0 Å². The summed E-state index contributed by atoms with van der Waals surface area (Å²) < 4.78 is 19.4. The zero-order chi connectivity index (χ0) is 26.7. The molecule has 0 heterocycles. The summed E-state index contributed by atoms with van der Waals surface area (Å²) in [5, 5.41) is 3.21. The first-order chi connectivity index (χ1) is 18.5. The quantitative estimate of drug-likeness (QED) is 0.301. The van der Waals surface area contributed by atoms with Gasteiger partial charge in [-0.05, 0) is 61.6 Å². The Morgan fingerprint density at radius 2 is 1.63 bits per heavy atom. The van der Waals surface area contributed by atoms with Crippen molar-refractivity contribution in [2.45, 2.75) is 70.5 Å². The van der Waals surface area contributed by atoms with Gasteiger partial charge in [0.2, 0.25) is 11.8 Å². The molecule has 1 aliphatic carbocycles. The highest BCUT2D eigenvalue weighted by molar-refractivity contribution is 5.88. The van der Waals surface area contributed by atoms with Crippen LogP contribution in [-0.4, -0.2) is 35.4 Å². The average Bonchev–Trinajstić information content (AvgIpc) is 3.44. The number of rotatable bonds is 12. The van der Waals surface area contributed by atoms with Crippen LogP contribution < -0.4 is 10.1 Å². The molecule has 0 spiro atoms. The highest BCUT2D eigenvalue weighted by Gasteiger charge is 2.32. The SMILES string of the molecule is Cc1ccc(OCCCC(=O)N(Cc2ccc(F)cc2)C(Cc2ccccc2)C(=O)NC2CCCC2)cc1. The van der Waals surface area contributed by atoms with E-state index >= 15 is 0 Å². The van der Waals surface area contributed by atoms with Crippen LogP contribution in [0.25, 0.3) is 0 Å². The molecule has 38 heavy (non-hydrogen) atoms. The number of carbonyl (C=O) groups is 2. The molecular weight excluding hydrogens is 479 g/mol. The zero-order valence-corrected chi connectivity index (χ0v) is 22.1. The number of hydrogen-bond donors (Lipinski definition) is 1. The Hall–Kier alpha value is -3.67. The van der Waals surface area contributed by atoms with Gasteiger partial charge in [0.15, 0.2) is 0 Å². The van der Waals surface area contributed by atoms with Crippen LogP contribution in [0, 0.1) is 12.7 Å². The maximum atomic E-state index is 13.7. The number of benzene rings is 3. The highest BCUT2D eigenvalue weighted by atomic mass is 19.1. The monoisotopic (exact) mass is 516 g/mol. The van der Waals surface area contributed by atoms with Crippen molar-refractivity contribution in [1.82, 2.24) is 10.2 Å². The molecule has 3 aromatic carbocycles. The lowest BCUT2D eigenvalue weighted by molar-refractivity contribution is -0.141. The van der Waals surface area contributed by atoms with Crippen LogP contribution in [0.3, 0.4) is 0 Å².